The number of nitrogens with zero attached hydrogens (tertiary/aromatic N) is 2. The lowest BCUT2D eigenvalue weighted by atomic mass is 9.78. The molecule has 1 N–H and O–H groups in total. The van der Waals surface area contributed by atoms with Gasteiger partial charge in [0.1, 0.15) is 0 Å². The number of hydrogen-bond acceptors (Lipinski definition) is 4. The highest BCUT2D eigenvalue weighted by molar-refractivity contribution is 7.89. The summed E-state index contributed by atoms with van der Waals surface area (Å²) in [7, 11) is -2.37. The van der Waals surface area contributed by atoms with Gasteiger partial charge in [-0.05, 0) is 68.2 Å². The summed E-state index contributed by atoms with van der Waals surface area (Å²) < 4.78 is 27.4. The number of carbonyl (C=O) groups excluding carboxylic acids is 2. The van der Waals surface area contributed by atoms with Crippen LogP contribution in [-0.4, -0.2) is 50.2 Å². The van der Waals surface area contributed by atoms with Crippen molar-refractivity contribution >= 4 is 27.5 Å². The van der Waals surface area contributed by atoms with E-state index in [0.717, 1.165) is 41.2 Å². The van der Waals surface area contributed by atoms with E-state index >= 15 is 0 Å². The third-order valence-electron chi connectivity index (χ3n) is 7.56. The van der Waals surface area contributed by atoms with Gasteiger partial charge in [-0.1, -0.05) is 26.7 Å². The van der Waals surface area contributed by atoms with Crippen LogP contribution < -0.4 is 10.2 Å². The van der Waals surface area contributed by atoms with E-state index in [1.165, 1.54) is 13.5 Å². The van der Waals surface area contributed by atoms with Gasteiger partial charge in [-0.15, -0.1) is 0 Å². The topological polar surface area (TPSA) is 86.8 Å². The van der Waals surface area contributed by atoms with E-state index in [1.807, 2.05) is 11.8 Å². The van der Waals surface area contributed by atoms with Crippen LogP contribution in [-0.2, 0) is 26.0 Å². The van der Waals surface area contributed by atoms with Gasteiger partial charge in [-0.2, -0.15) is 4.31 Å². The number of carbonyl (C=O) groups is 2. The Bertz CT molecular complexity index is 1000. The number of amides is 2. The first-order valence-corrected chi connectivity index (χ1v) is 13.2. The third-order valence-corrected chi connectivity index (χ3v) is 9.36. The van der Waals surface area contributed by atoms with Crippen molar-refractivity contribution in [3.8, 4) is 0 Å². The Labute approximate surface area is 191 Å². The van der Waals surface area contributed by atoms with E-state index < -0.39 is 10.0 Å². The van der Waals surface area contributed by atoms with Crippen LogP contribution in [0.3, 0.4) is 0 Å². The molecule has 1 heterocycles. The molecular weight excluding hydrogens is 426 g/mol. The Morgan fingerprint density at radius 3 is 2.53 bits per heavy atom. The van der Waals surface area contributed by atoms with Crippen LogP contribution in [0.1, 0.15) is 58.4 Å². The van der Waals surface area contributed by atoms with Crippen molar-refractivity contribution in [3.05, 3.63) is 23.8 Å². The number of rotatable bonds is 6. The highest BCUT2D eigenvalue weighted by Crippen LogP contribution is 2.39. The second-order valence-corrected chi connectivity index (χ2v) is 12.1. The minimum Gasteiger partial charge on any atom is -0.352 e. The third kappa shape index (κ3) is 4.44. The van der Waals surface area contributed by atoms with Crippen molar-refractivity contribution in [1.82, 2.24) is 9.62 Å². The van der Waals surface area contributed by atoms with Crippen LogP contribution in [0.25, 0.3) is 0 Å². The first-order valence-electron chi connectivity index (χ1n) is 11.8. The summed E-state index contributed by atoms with van der Waals surface area (Å²) >= 11 is 0. The number of fused-ring (bicyclic) bond motifs is 1. The zero-order chi connectivity index (χ0) is 23.2. The van der Waals surface area contributed by atoms with Crippen molar-refractivity contribution in [2.24, 2.45) is 17.8 Å². The normalized spacial score (nSPS) is 28.0. The molecule has 176 valence electrons. The number of nitrogens with one attached hydrogen (secondary N) is 1. The molecule has 0 aromatic heterocycles. The summed E-state index contributed by atoms with van der Waals surface area (Å²) in [6.07, 6.45) is 5.71. The van der Waals surface area contributed by atoms with Gasteiger partial charge >= 0.3 is 0 Å². The molecule has 4 atom stereocenters. The molecule has 1 aromatic carbocycles. The first-order chi connectivity index (χ1) is 15.1. The summed E-state index contributed by atoms with van der Waals surface area (Å²) in [5.41, 5.74) is 1.68. The highest BCUT2D eigenvalue weighted by atomic mass is 32.2. The van der Waals surface area contributed by atoms with Gasteiger partial charge in [0.15, 0.2) is 0 Å². The number of likely N-dealkylation sites (N-methyl/N-ethyl adjacent to an activating group) is 1. The number of benzene rings is 1. The maximum absolute atomic E-state index is 13.2. The molecule has 2 aliphatic carbocycles. The van der Waals surface area contributed by atoms with Crippen LogP contribution in [0.4, 0.5) is 5.69 Å². The largest absolute Gasteiger partial charge is 0.352 e. The molecule has 0 unspecified atom stereocenters. The zero-order valence-corrected chi connectivity index (χ0v) is 20.3. The molecule has 0 spiro atoms. The molecule has 2 amide bonds. The summed E-state index contributed by atoms with van der Waals surface area (Å²) in [6, 6.07) is 5.09. The van der Waals surface area contributed by atoms with Crippen LogP contribution in [0.5, 0.6) is 0 Å². The molecule has 7 nitrogen and oxygen atoms in total. The Morgan fingerprint density at radius 1 is 1.12 bits per heavy atom. The minimum atomic E-state index is -3.81. The second-order valence-electron chi connectivity index (χ2n) is 10.0. The lowest BCUT2D eigenvalue weighted by Gasteiger charge is -2.34. The molecule has 3 aliphatic rings. The molecular formula is C24H35N3O4S. The minimum absolute atomic E-state index is 0.0273. The Balaban J connectivity index is 1.44. The lowest BCUT2D eigenvalue weighted by molar-refractivity contribution is -0.122. The predicted molar refractivity (Wildman–Crippen MR) is 124 cm³/mol. The second kappa shape index (κ2) is 8.78. The van der Waals surface area contributed by atoms with Crippen LogP contribution in [0.2, 0.25) is 0 Å². The van der Waals surface area contributed by atoms with Crippen molar-refractivity contribution < 1.29 is 18.0 Å². The van der Waals surface area contributed by atoms with E-state index in [2.05, 4.69) is 19.2 Å². The van der Waals surface area contributed by atoms with Gasteiger partial charge in [0.2, 0.25) is 21.8 Å². The van der Waals surface area contributed by atoms with Crippen molar-refractivity contribution in [2.45, 2.75) is 76.3 Å². The molecule has 0 saturated heterocycles. The van der Waals surface area contributed by atoms with E-state index in [-0.39, 0.29) is 41.3 Å². The standard InChI is InChI=1S/C24H35N3O4S/c1-15-6-5-7-21(17(15)3)25-23(28)14-26(4)32(30,31)20-10-11-22-19(13-20)12-16(2)27(22)24(29)18-8-9-18/h10-11,13,15-18,21H,5-9,12,14H2,1-4H3,(H,25,28)/t15-,16+,17+,21+/m1/s1. The summed E-state index contributed by atoms with van der Waals surface area (Å²) in [4.78, 5) is 27.3. The number of anilines is 1. The maximum Gasteiger partial charge on any atom is 0.243 e. The molecule has 1 aromatic rings. The van der Waals surface area contributed by atoms with Gasteiger partial charge in [0, 0.05) is 30.7 Å². The van der Waals surface area contributed by atoms with Crippen molar-refractivity contribution in [3.63, 3.8) is 0 Å². The fourth-order valence-corrected chi connectivity index (χ4v) is 6.31. The van der Waals surface area contributed by atoms with E-state index in [4.69, 9.17) is 0 Å². The summed E-state index contributed by atoms with van der Waals surface area (Å²) in [6.45, 7) is 6.14. The predicted octanol–water partition coefficient (Wildman–Crippen LogP) is 2.94. The molecule has 32 heavy (non-hydrogen) atoms. The molecule has 2 saturated carbocycles. The average molecular weight is 462 g/mol. The van der Waals surface area contributed by atoms with Gasteiger partial charge in [-0.3, -0.25) is 9.59 Å². The summed E-state index contributed by atoms with van der Waals surface area (Å²) in [5.74, 6) is 0.932. The first kappa shape index (κ1) is 23.2. The van der Waals surface area contributed by atoms with E-state index in [1.54, 1.807) is 18.2 Å². The van der Waals surface area contributed by atoms with E-state index in [9.17, 15) is 18.0 Å². The monoisotopic (exact) mass is 461 g/mol. The molecule has 4 rings (SSSR count). The number of hydrogen-bond donors (Lipinski definition) is 1. The average Bonchev–Trinajstić information content (AvgIpc) is 3.52. The van der Waals surface area contributed by atoms with Gasteiger partial charge < -0.3 is 10.2 Å². The number of sulfonamides is 1. The lowest BCUT2D eigenvalue weighted by Crippen LogP contribution is -2.47. The maximum atomic E-state index is 13.2. The van der Waals surface area contributed by atoms with Crippen LogP contribution in [0, 0.1) is 17.8 Å². The van der Waals surface area contributed by atoms with Crippen molar-refractivity contribution in [2.75, 3.05) is 18.5 Å². The molecule has 8 heteroatoms. The molecule has 0 radical (unpaired) electrons. The quantitative estimate of drug-likeness (QED) is 0.706. The molecule has 1 aliphatic heterocycles. The Morgan fingerprint density at radius 2 is 1.84 bits per heavy atom. The Hall–Kier alpha value is -1.93. The van der Waals surface area contributed by atoms with Gasteiger partial charge in [0.05, 0.1) is 11.4 Å². The SMILES string of the molecule is C[C@H]1[C@H](C)CCC[C@@H]1NC(=O)CN(C)S(=O)(=O)c1ccc2c(c1)C[C@H](C)N2C(=O)C1CC1. The van der Waals surface area contributed by atoms with Gasteiger partial charge in [0.25, 0.3) is 0 Å². The fourth-order valence-electron chi connectivity index (χ4n) is 5.14. The van der Waals surface area contributed by atoms with Crippen LogP contribution in [0.15, 0.2) is 23.1 Å². The van der Waals surface area contributed by atoms with Crippen LogP contribution >= 0.6 is 0 Å². The summed E-state index contributed by atoms with van der Waals surface area (Å²) in [5, 5.41) is 3.05. The zero-order valence-electron chi connectivity index (χ0n) is 19.5. The highest BCUT2D eigenvalue weighted by Gasteiger charge is 2.40. The fraction of sp³-hybridized carbons (Fsp3) is 0.667. The van der Waals surface area contributed by atoms with E-state index in [0.29, 0.717) is 18.3 Å². The smallest absolute Gasteiger partial charge is 0.243 e. The molecule has 2 fully saturated rings. The molecule has 0 bridgehead atoms. The van der Waals surface area contributed by atoms with Gasteiger partial charge in [-0.25, -0.2) is 8.42 Å². The Kier molecular flexibility index (Phi) is 6.38. The van der Waals surface area contributed by atoms with Crippen molar-refractivity contribution in [1.29, 1.82) is 0 Å².